The summed E-state index contributed by atoms with van der Waals surface area (Å²) in [6, 6.07) is 12.5. The highest BCUT2D eigenvalue weighted by Gasteiger charge is 2.31. The lowest BCUT2D eigenvalue weighted by atomic mass is 10.1. The maximum absolute atomic E-state index is 12.1. The molecule has 0 spiro atoms. The number of nitrogens with zero attached hydrogens (tertiary/aromatic N) is 2. The number of carbonyl (C=O) groups is 1. The summed E-state index contributed by atoms with van der Waals surface area (Å²) in [5.41, 5.74) is 2.26. The van der Waals surface area contributed by atoms with E-state index >= 15 is 0 Å². The van der Waals surface area contributed by atoms with Gasteiger partial charge in [0.25, 0.3) is 5.91 Å². The van der Waals surface area contributed by atoms with Gasteiger partial charge in [0.1, 0.15) is 5.75 Å². The maximum atomic E-state index is 12.1. The Hall–Kier alpha value is -3.29. The number of hydrogen-bond acceptors (Lipinski definition) is 3. The van der Waals surface area contributed by atoms with Gasteiger partial charge in [0.2, 0.25) is 0 Å². The van der Waals surface area contributed by atoms with Crippen molar-refractivity contribution in [3.63, 3.8) is 0 Å². The molecular weight excluding hydrogens is 359 g/mol. The van der Waals surface area contributed by atoms with Crippen molar-refractivity contribution < 1.29 is 22.7 Å². The quantitative estimate of drug-likeness (QED) is 0.714. The van der Waals surface area contributed by atoms with Crippen LogP contribution in [0.25, 0.3) is 0 Å². The van der Waals surface area contributed by atoms with Gasteiger partial charge in [0.15, 0.2) is 0 Å². The fourth-order valence-electron chi connectivity index (χ4n) is 2.45. The molecule has 3 aromatic rings. The van der Waals surface area contributed by atoms with E-state index in [2.05, 4.69) is 15.0 Å². The zero-order chi connectivity index (χ0) is 19.3. The largest absolute Gasteiger partial charge is 0.573 e. The van der Waals surface area contributed by atoms with E-state index in [1.165, 1.54) is 12.1 Å². The van der Waals surface area contributed by atoms with E-state index in [1.807, 2.05) is 35.0 Å². The third-order valence-corrected chi connectivity index (χ3v) is 3.75. The number of nitrogens with one attached hydrogen (secondary N) is 1. The highest BCUT2D eigenvalue weighted by molar-refractivity contribution is 5.94. The van der Waals surface area contributed by atoms with Gasteiger partial charge in [-0.1, -0.05) is 24.3 Å². The van der Waals surface area contributed by atoms with Crippen molar-refractivity contribution in [1.29, 1.82) is 0 Å². The minimum atomic E-state index is -4.76. The first-order valence-electron chi connectivity index (χ1n) is 8.07. The van der Waals surface area contributed by atoms with Crippen LogP contribution in [0.5, 0.6) is 5.75 Å². The lowest BCUT2D eigenvalue weighted by Gasteiger charge is -2.10. The average molecular weight is 375 g/mol. The smallest absolute Gasteiger partial charge is 0.406 e. The molecule has 0 unspecified atom stereocenters. The summed E-state index contributed by atoms with van der Waals surface area (Å²) >= 11 is 0. The third-order valence-electron chi connectivity index (χ3n) is 3.75. The van der Waals surface area contributed by atoms with Gasteiger partial charge in [-0.3, -0.25) is 4.79 Å². The Labute approximate surface area is 153 Å². The molecule has 0 atom stereocenters. The second kappa shape index (κ2) is 7.94. The van der Waals surface area contributed by atoms with Crippen molar-refractivity contribution in [2.75, 3.05) is 0 Å². The minimum absolute atomic E-state index is 0.251. The van der Waals surface area contributed by atoms with Crippen LogP contribution in [0.15, 0.2) is 67.3 Å². The molecule has 1 N–H and O–H groups in total. The van der Waals surface area contributed by atoms with Gasteiger partial charge in [-0.05, 0) is 35.4 Å². The van der Waals surface area contributed by atoms with Crippen LogP contribution in [0.4, 0.5) is 13.2 Å². The number of rotatable bonds is 6. The summed E-state index contributed by atoms with van der Waals surface area (Å²) in [6.45, 7) is 1.02. The van der Waals surface area contributed by atoms with E-state index < -0.39 is 6.36 Å². The van der Waals surface area contributed by atoms with Crippen molar-refractivity contribution >= 4 is 5.91 Å². The van der Waals surface area contributed by atoms with Crippen molar-refractivity contribution in [2.24, 2.45) is 0 Å². The second-order valence-electron chi connectivity index (χ2n) is 5.81. The molecule has 8 heteroatoms. The predicted octanol–water partition coefficient (Wildman–Crippen LogP) is 3.76. The van der Waals surface area contributed by atoms with Gasteiger partial charge in [0, 0.05) is 31.0 Å². The molecule has 0 saturated heterocycles. The molecule has 0 aliphatic rings. The Bertz CT molecular complexity index is 874. The molecule has 0 aliphatic carbocycles. The normalized spacial score (nSPS) is 11.2. The Balaban J connectivity index is 1.52. The van der Waals surface area contributed by atoms with Crippen LogP contribution in [-0.4, -0.2) is 21.8 Å². The fraction of sp³-hybridized carbons (Fsp3) is 0.158. The molecule has 140 valence electrons. The van der Waals surface area contributed by atoms with Crippen LogP contribution in [-0.2, 0) is 13.1 Å². The third kappa shape index (κ3) is 5.60. The Kier molecular flexibility index (Phi) is 5.44. The fourth-order valence-corrected chi connectivity index (χ4v) is 2.45. The first-order chi connectivity index (χ1) is 12.9. The summed E-state index contributed by atoms with van der Waals surface area (Å²) in [4.78, 5) is 16.1. The van der Waals surface area contributed by atoms with Gasteiger partial charge in [0.05, 0.1) is 6.33 Å². The van der Waals surface area contributed by atoms with Gasteiger partial charge < -0.3 is 14.6 Å². The summed E-state index contributed by atoms with van der Waals surface area (Å²) in [5, 5.41) is 2.73. The summed E-state index contributed by atoms with van der Waals surface area (Å²) in [5.74, 6) is -0.747. The van der Waals surface area contributed by atoms with Crippen LogP contribution in [0.3, 0.4) is 0 Å². The average Bonchev–Trinajstić information content (AvgIpc) is 3.13. The molecule has 1 heterocycles. The van der Waals surface area contributed by atoms with Crippen LogP contribution in [0.2, 0.25) is 0 Å². The molecule has 0 radical (unpaired) electrons. The number of aromatic nitrogens is 2. The molecule has 5 nitrogen and oxygen atoms in total. The molecule has 1 aromatic heterocycles. The number of carbonyl (C=O) groups excluding carboxylic acids is 1. The standard InChI is InChI=1S/C19H16F3N3O2/c20-19(21,22)27-17-7-5-16(6-8-17)18(26)24-11-14-1-3-15(4-2-14)12-25-10-9-23-13-25/h1-10,13H,11-12H2,(H,24,26). The van der Waals surface area contributed by atoms with E-state index in [0.29, 0.717) is 13.1 Å². The molecule has 2 aromatic carbocycles. The van der Waals surface area contributed by atoms with Gasteiger partial charge in [-0.2, -0.15) is 0 Å². The van der Waals surface area contributed by atoms with Crippen molar-refractivity contribution in [2.45, 2.75) is 19.5 Å². The molecule has 0 saturated carbocycles. The SMILES string of the molecule is O=C(NCc1ccc(Cn2ccnc2)cc1)c1ccc(OC(F)(F)F)cc1. The molecule has 0 aliphatic heterocycles. The number of alkyl halides is 3. The molecule has 0 bridgehead atoms. The van der Waals surface area contributed by atoms with Gasteiger partial charge in [-0.25, -0.2) is 4.98 Å². The predicted molar refractivity (Wildman–Crippen MR) is 92.1 cm³/mol. The first-order valence-corrected chi connectivity index (χ1v) is 8.07. The van der Waals surface area contributed by atoms with E-state index in [-0.39, 0.29) is 17.2 Å². The van der Waals surface area contributed by atoms with Crippen LogP contribution in [0.1, 0.15) is 21.5 Å². The van der Waals surface area contributed by atoms with Gasteiger partial charge >= 0.3 is 6.36 Å². The zero-order valence-electron chi connectivity index (χ0n) is 14.1. The molecule has 3 rings (SSSR count). The number of ether oxygens (including phenoxy) is 1. The molecular formula is C19H16F3N3O2. The topological polar surface area (TPSA) is 56.2 Å². The molecule has 1 amide bonds. The number of amides is 1. The summed E-state index contributed by atoms with van der Waals surface area (Å²) in [7, 11) is 0. The molecule has 0 fully saturated rings. The minimum Gasteiger partial charge on any atom is -0.406 e. The van der Waals surface area contributed by atoms with Crippen molar-refractivity contribution in [3.05, 3.63) is 83.9 Å². The highest BCUT2D eigenvalue weighted by atomic mass is 19.4. The first kappa shape index (κ1) is 18.5. The van der Waals surface area contributed by atoms with Crippen LogP contribution < -0.4 is 10.1 Å². The van der Waals surface area contributed by atoms with E-state index in [4.69, 9.17) is 0 Å². The van der Waals surface area contributed by atoms with Crippen molar-refractivity contribution in [3.8, 4) is 5.75 Å². The zero-order valence-corrected chi connectivity index (χ0v) is 14.1. The van der Waals surface area contributed by atoms with E-state index in [1.54, 1.807) is 12.5 Å². The van der Waals surface area contributed by atoms with Crippen molar-refractivity contribution in [1.82, 2.24) is 14.9 Å². The lowest BCUT2D eigenvalue weighted by molar-refractivity contribution is -0.274. The molecule has 27 heavy (non-hydrogen) atoms. The second-order valence-corrected chi connectivity index (χ2v) is 5.81. The van der Waals surface area contributed by atoms with Crippen LogP contribution >= 0.6 is 0 Å². The van der Waals surface area contributed by atoms with E-state index in [9.17, 15) is 18.0 Å². The van der Waals surface area contributed by atoms with Gasteiger partial charge in [-0.15, -0.1) is 13.2 Å². The summed E-state index contributed by atoms with van der Waals surface area (Å²) < 4.78 is 42.1. The number of imidazole rings is 1. The highest BCUT2D eigenvalue weighted by Crippen LogP contribution is 2.22. The Morgan fingerprint density at radius 3 is 2.30 bits per heavy atom. The Morgan fingerprint density at radius 2 is 1.70 bits per heavy atom. The number of hydrogen-bond donors (Lipinski definition) is 1. The monoisotopic (exact) mass is 375 g/mol. The Morgan fingerprint density at radius 1 is 1.04 bits per heavy atom. The maximum Gasteiger partial charge on any atom is 0.573 e. The van der Waals surface area contributed by atoms with E-state index in [0.717, 1.165) is 23.3 Å². The summed E-state index contributed by atoms with van der Waals surface area (Å²) in [6.07, 6.45) is 0.567. The number of halogens is 3. The van der Waals surface area contributed by atoms with Crippen LogP contribution in [0, 0.1) is 0 Å². The lowest BCUT2D eigenvalue weighted by Crippen LogP contribution is -2.23. The number of benzene rings is 2.